The summed E-state index contributed by atoms with van der Waals surface area (Å²) in [5, 5.41) is 18.3. The fourth-order valence-electron chi connectivity index (χ4n) is 5.60. The van der Waals surface area contributed by atoms with Gasteiger partial charge < -0.3 is 29.2 Å². The molecule has 0 aliphatic heterocycles. The summed E-state index contributed by atoms with van der Waals surface area (Å²) in [6.07, 6.45) is 10.5. The maximum atomic E-state index is 11.8. The molecule has 2 N–H and O–H groups in total. The van der Waals surface area contributed by atoms with Crippen LogP contribution in [0.1, 0.15) is 75.3 Å². The van der Waals surface area contributed by atoms with Crippen LogP contribution >= 0.6 is 0 Å². The fraction of sp³-hybridized carbons (Fsp3) is 0.486. The standard InChI is InChI=1S/C37H50O7/c1-6-7-8-9-30-10-12-31(13-11-30)32-14-15-36(26(2)20-32)33-21-34(42-17-16-41-29(5)27(3)24-38)23-35(22-33)43-18-19-44-37(40)28(4)25-39/h14-15,20-23,30-31,38-39H,3-13,16-19,24-25H2,1-2H3. The third kappa shape index (κ3) is 10.9. The summed E-state index contributed by atoms with van der Waals surface area (Å²) in [6.45, 7) is 15.3. The first-order valence-electron chi connectivity index (χ1n) is 15.8. The topological polar surface area (TPSA) is 94.5 Å². The van der Waals surface area contributed by atoms with Crippen molar-refractivity contribution in [3.05, 3.63) is 84.2 Å². The summed E-state index contributed by atoms with van der Waals surface area (Å²) in [5.74, 6) is 2.34. The van der Waals surface area contributed by atoms with Crippen molar-refractivity contribution in [2.75, 3.05) is 39.6 Å². The Morgan fingerprint density at radius 3 is 2.05 bits per heavy atom. The van der Waals surface area contributed by atoms with Gasteiger partial charge >= 0.3 is 5.97 Å². The lowest BCUT2D eigenvalue weighted by Crippen LogP contribution is -2.15. The smallest absolute Gasteiger partial charge is 0.335 e. The molecular formula is C37H50O7. The van der Waals surface area contributed by atoms with Gasteiger partial charge in [-0.25, -0.2) is 4.79 Å². The fourth-order valence-corrected chi connectivity index (χ4v) is 5.60. The summed E-state index contributed by atoms with van der Waals surface area (Å²) in [4.78, 5) is 11.8. The van der Waals surface area contributed by atoms with Gasteiger partial charge in [0.2, 0.25) is 0 Å². The zero-order valence-electron chi connectivity index (χ0n) is 26.6. The van der Waals surface area contributed by atoms with Gasteiger partial charge in [-0.1, -0.05) is 70.5 Å². The van der Waals surface area contributed by atoms with Gasteiger partial charge in [0.1, 0.15) is 43.7 Å². The zero-order valence-corrected chi connectivity index (χ0v) is 26.6. The van der Waals surface area contributed by atoms with Crippen LogP contribution in [0.2, 0.25) is 0 Å². The van der Waals surface area contributed by atoms with E-state index in [1.54, 1.807) is 6.07 Å². The van der Waals surface area contributed by atoms with Gasteiger partial charge in [-0.15, -0.1) is 0 Å². The highest BCUT2D eigenvalue weighted by Gasteiger charge is 2.22. The van der Waals surface area contributed by atoms with Crippen LogP contribution in [-0.4, -0.2) is 55.8 Å². The molecule has 7 heteroatoms. The van der Waals surface area contributed by atoms with Crippen LogP contribution in [0.4, 0.5) is 0 Å². The lowest BCUT2D eigenvalue weighted by molar-refractivity contribution is -0.140. The molecule has 1 aliphatic rings. The first-order valence-corrected chi connectivity index (χ1v) is 15.8. The third-order valence-electron chi connectivity index (χ3n) is 8.25. The zero-order chi connectivity index (χ0) is 31.9. The van der Waals surface area contributed by atoms with Crippen LogP contribution in [0.15, 0.2) is 73.0 Å². The average molecular weight is 607 g/mol. The van der Waals surface area contributed by atoms with E-state index in [0.717, 1.165) is 17.0 Å². The Bertz CT molecular complexity index is 1200. The summed E-state index contributed by atoms with van der Waals surface area (Å²) in [7, 11) is 0. The van der Waals surface area contributed by atoms with E-state index in [0.29, 0.717) is 28.7 Å². The molecule has 1 saturated carbocycles. The molecule has 44 heavy (non-hydrogen) atoms. The van der Waals surface area contributed by atoms with Crippen molar-refractivity contribution in [3.63, 3.8) is 0 Å². The third-order valence-corrected chi connectivity index (χ3v) is 8.25. The van der Waals surface area contributed by atoms with Crippen LogP contribution in [0.3, 0.4) is 0 Å². The lowest BCUT2D eigenvalue weighted by atomic mass is 9.76. The number of aryl methyl sites for hydroxylation is 1. The molecule has 0 bridgehead atoms. The molecule has 0 radical (unpaired) electrons. The minimum Gasteiger partial charge on any atom is -0.490 e. The van der Waals surface area contributed by atoms with E-state index in [2.05, 4.69) is 51.8 Å². The van der Waals surface area contributed by atoms with Crippen LogP contribution in [0.25, 0.3) is 11.1 Å². The highest BCUT2D eigenvalue weighted by atomic mass is 16.6. The number of aliphatic hydroxyl groups excluding tert-OH is 2. The van der Waals surface area contributed by atoms with Crippen LogP contribution in [-0.2, 0) is 14.3 Å². The minimum atomic E-state index is -0.653. The number of hydrogen-bond donors (Lipinski definition) is 2. The van der Waals surface area contributed by atoms with Crippen LogP contribution in [0.5, 0.6) is 11.5 Å². The molecule has 240 valence electrons. The summed E-state index contributed by atoms with van der Waals surface area (Å²) in [5.41, 5.74) is 5.06. The van der Waals surface area contributed by atoms with E-state index in [9.17, 15) is 9.90 Å². The molecule has 0 aromatic heterocycles. The van der Waals surface area contributed by atoms with Gasteiger partial charge in [0.15, 0.2) is 0 Å². The van der Waals surface area contributed by atoms with Gasteiger partial charge in [-0.2, -0.15) is 0 Å². The predicted molar refractivity (Wildman–Crippen MR) is 175 cm³/mol. The number of aliphatic hydroxyl groups is 2. The van der Waals surface area contributed by atoms with Crippen LogP contribution in [0, 0.1) is 12.8 Å². The number of benzene rings is 2. The van der Waals surface area contributed by atoms with Gasteiger partial charge in [-0.3, -0.25) is 0 Å². The summed E-state index contributed by atoms with van der Waals surface area (Å²) >= 11 is 0. The van der Waals surface area contributed by atoms with E-state index < -0.39 is 12.6 Å². The molecule has 0 atom stereocenters. The van der Waals surface area contributed by atoms with Gasteiger partial charge in [0.25, 0.3) is 0 Å². The Morgan fingerprint density at radius 1 is 0.818 bits per heavy atom. The van der Waals surface area contributed by atoms with Gasteiger partial charge in [0.05, 0.1) is 18.8 Å². The van der Waals surface area contributed by atoms with E-state index in [1.165, 1.54) is 62.5 Å². The molecule has 1 fully saturated rings. The Hall–Kier alpha value is -3.55. The SMILES string of the molecule is C=C(CO)C(=C)OCCOc1cc(OCCOC(=O)C(=C)CO)cc(-c2ccc(C3CCC(CCCCC)CC3)cc2C)c1. The van der Waals surface area contributed by atoms with Crippen molar-refractivity contribution in [2.24, 2.45) is 5.92 Å². The van der Waals surface area contributed by atoms with Gasteiger partial charge in [-0.05, 0) is 78.8 Å². The Balaban J connectivity index is 1.70. The molecule has 7 nitrogen and oxygen atoms in total. The minimum absolute atomic E-state index is 0.00547. The number of carbonyl (C=O) groups excluding carboxylic acids is 1. The second-order valence-electron chi connectivity index (χ2n) is 11.6. The molecule has 2 aromatic rings. The van der Waals surface area contributed by atoms with E-state index in [1.807, 2.05) is 12.1 Å². The number of rotatable bonds is 19. The molecule has 0 saturated heterocycles. The number of hydrogen-bond acceptors (Lipinski definition) is 7. The molecule has 3 rings (SSSR count). The highest BCUT2D eigenvalue weighted by Crippen LogP contribution is 2.40. The van der Waals surface area contributed by atoms with Crippen molar-refractivity contribution >= 4 is 5.97 Å². The lowest BCUT2D eigenvalue weighted by Gasteiger charge is -2.29. The van der Waals surface area contributed by atoms with Crippen LogP contribution < -0.4 is 9.47 Å². The largest absolute Gasteiger partial charge is 0.490 e. The van der Waals surface area contributed by atoms with Crippen molar-refractivity contribution in [2.45, 2.75) is 71.1 Å². The van der Waals surface area contributed by atoms with Crippen molar-refractivity contribution in [3.8, 4) is 22.6 Å². The van der Waals surface area contributed by atoms with Gasteiger partial charge in [0, 0.05) is 11.6 Å². The molecular weight excluding hydrogens is 556 g/mol. The molecule has 0 heterocycles. The molecule has 2 aromatic carbocycles. The number of carbonyl (C=O) groups is 1. The first kappa shape index (κ1) is 34.9. The summed E-state index contributed by atoms with van der Waals surface area (Å²) < 4.78 is 22.6. The highest BCUT2D eigenvalue weighted by molar-refractivity contribution is 5.87. The quantitative estimate of drug-likeness (QED) is 0.0564. The Kier molecular flexibility index (Phi) is 14.5. The summed E-state index contributed by atoms with van der Waals surface area (Å²) in [6, 6.07) is 12.5. The molecule has 0 spiro atoms. The Morgan fingerprint density at radius 2 is 1.45 bits per heavy atom. The predicted octanol–water partition coefficient (Wildman–Crippen LogP) is 7.44. The first-order chi connectivity index (χ1) is 21.2. The molecule has 0 amide bonds. The number of esters is 1. The average Bonchev–Trinajstić information content (AvgIpc) is 3.04. The Labute approximate surface area is 263 Å². The van der Waals surface area contributed by atoms with E-state index in [-0.39, 0.29) is 38.6 Å². The van der Waals surface area contributed by atoms with Crippen molar-refractivity contribution in [1.82, 2.24) is 0 Å². The number of ether oxygens (including phenoxy) is 4. The van der Waals surface area contributed by atoms with E-state index in [4.69, 9.17) is 24.1 Å². The maximum absolute atomic E-state index is 11.8. The number of unbranched alkanes of at least 4 members (excludes halogenated alkanes) is 2. The maximum Gasteiger partial charge on any atom is 0.335 e. The molecule has 0 unspecified atom stereocenters. The normalized spacial score (nSPS) is 16.2. The second-order valence-corrected chi connectivity index (χ2v) is 11.6. The molecule has 1 aliphatic carbocycles. The van der Waals surface area contributed by atoms with E-state index >= 15 is 0 Å². The monoisotopic (exact) mass is 606 g/mol. The van der Waals surface area contributed by atoms with Crippen molar-refractivity contribution < 1.29 is 34.0 Å². The van der Waals surface area contributed by atoms with Crippen molar-refractivity contribution in [1.29, 1.82) is 0 Å². The second kappa shape index (κ2) is 18.3.